The third kappa shape index (κ3) is 5.01. The van der Waals surface area contributed by atoms with Crippen molar-refractivity contribution in [1.29, 1.82) is 0 Å². The molecule has 1 amide bonds. The third-order valence-electron chi connectivity index (χ3n) is 2.97. The molecule has 2 heterocycles. The Morgan fingerprint density at radius 1 is 1.38 bits per heavy atom. The number of hydrogen-bond donors (Lipinski definition) is 1. The van der Waals surface area contributed by atoms with Gasteiger partial charge in [-0.2, -0.15) is 13.2 Å². The lowest BCUT2D eigenvalue weighted by molar-refractivity contribution is -0.137. The lowest BCUT2D eigenvalue weighted by Gasteiger charge is -2.31. The highest BCUT2D eigenvalue weighted by Crippen LogP contribution is 2.28. The van der Waals surface area contributed by atoms with Gasteiger partial charge in [0.15, 0.2) is 0 Å². The Bertz CT molecular complexity index is 468. The topological polar surface area (TPSA) is 45.2 Å². The Labute approximate surface area is 132 Å². The van der Waals surface area contributed by atoms with E-state index >= 15 is 0 Å². The SMILES string of the molecule is CC1CN(C(=O)c2ccc(C(F)(F)F)cn2)CCN1.Cl.Cl. The molecule has 2 rings (SSSR count). The average molecular weight is 346 g/mol. The van der Waals surface area contributed by atoms with Gasteiger partial charge < -0.3 is 10.2 Å². The second kappa shape index (κ2) is 7.82. The first-order valence-electron chi connectivity index (χ1n) is 5.94. The van der Waals surface area contributed by atoms with E-state index in [0.717, 1.165) is 12.1 Å². The summed E-state index contributed by atoms with van der Waals surface area (Å²) < 4.78 is 37.1. The quantitative estimate of drug-likeness (QED) is 0.849. The number of piperazine rings is 1. The molecule has 9 heteroatoms. The van der Waals surface area contributed by atoms with Crippen molar-refractivity contribution in [3.8, 4) is 0 Å². The summed E-state index contributed by atoms with van der Waals surface area (Å²) in [6, 6.07) is 2.18. The fourth-order valence-corrected chi connectivity index (χ4v) is 1.97. The summed E-state index contributed by atoms with van der Waals surface area (Å²) in [4.78, 5) is 17.3. The number of rotatable bonds is 1. The van der Waals surface area contributed by atoms with Crippen LogP contribution >= 0.6 is 24.8 Å². The molecule has 1 fully saturated rings. The molecule has 0 bridgehead atoms. The molecule has 0 radical (unpaired) electrons. The lowest BCUT2D eigenvalue weighted by atomic mass is 10.2. The Balaban J connectivity index is 0.00000200. The fraction of sp³-hybridized carbons (Fsp3) is 0.500. The smallest absolute Gasteiger partial charge is 0.334 e. The lowest BCUT2D eigenvalue weighted by Crippen LogP contribution is -2.51. The molecule has 1 aromatic heterocycles. The number of nitrogens with one attached hydrogen (secondary N) is 1. The summed E-state index contributed by atoms with van der Waals surface area (Å²) >= 11 is 0. The molecule has 1 aliphatic heterocycles. The van der Waals surface area contributed by atoms with Crippen molar-refractivity contribution in [2.24, 2.45) is 0 Å². The van der Waals surface area contributed by atoms with Crippen LogP contribution in [0.15, 0.2) is 18.3 Å². The minimum Gasteiger partial charge on any atom is -0.334 e. The highest BCUT2D eigenvalue weighted by molar-refractivity contribution is 5.92. The van der Waals surface area contributed by atoms with Gasteiger partial charge in [-0.1, -0.05) is 0 Å². The predicted octanol–water partition coefficient (Wildman–Crippen LogP) is 2.38. The van der Waals surface area contributed by atoms with Crippen LogP contribution in [0.2, 0.25) is 0 Å². The van der Waals surface area contributed by atoms with Crippen molar-refractivity contribution < 1.29 is 18.0 Å². The number of carbonyl (C=O) groups excluding carboxylic acids is 1. The number of amides is 1. The monoisotopic (exact) mass is 345 g/mol. The second-order valence-electron chi connectivity index (χ2n) is 4.54. The van der Waals surface area contributed by atoms with Crippen LogP contribution in [-0.2, 0) is 6.18 Å². The van der Waals surface area contributed by atoms with Gasteiger partial charge in [0.25, 0.3) is 5.91 Å². The van der Waals surface area contributed by atoms with E-state index in [0.29, 0.717) is 25.8 Å². The molecule has 1 aromatic rings. The van der Waals surface area contributed by atoms with Crippen molar-refractivity contribution in [3.63, 3.8) is 0 Å². The molecule has 1 saturated heterocycles. The zero-order valence-corrected chi connectivity index (χ0v) is 12.8. The van der Waals surface area contributed by atoms with Gasteiger partial charge >= 0.3 is 6.18 Å². The first kappa shape index (κ1) is 19.9. The van der Waals surface area contributed by atoms with Gasteiger partial charge in [-0.05, 0) is 19.1 Å². The molecule has 1 N–H and O–H groups in total. The summed E-state index contributed by atoms with van der Waals surface area (Å²) in [6.07, 6.45) is -3.74. The maximum Gasteiger partial charge on any atom is 0.417 e. The van der Waals surface area contributed by atoms with E-state index in [1.54, 1.807) is 4.90 Å². The van der Waals surface area contributed by atoms with E-state index in [1.807, 2.05) is 6.92 Å². The van der Waals surface area contributed by atoms with Gasteiger partial charge in [0.2, 0.25) is 0 Å². The summed E-state index contributed by atoms with van der Waals surface area (Å²) in [7, 11) is 0. The van der Waals surface area contributed by atoms with Crippen LogP contribution in [0.4, 0.5) is 13.2 Å². The van der Waals surface area contributed by atoms with Crippen molar-refractivity contribution in [1.82, 2.24) is 15.2 Å². The number of hydrogen-bond acceptors (Lipinski definition) is 3. The number of aromatic nitrogens is 1. The van der Waals surface area contributed by atoms with Gasteiger partial charge in [-0.15, -0.1) is 24.8 Å². The largest absolute Gasteiger partial charge is 0.417 e. The molecule has 0 aromatic carbocycles. The van der Waals surface area contributed by atoms with E-state index in [9.17, 15) is 18.0 Å². The molecule has 0 saturated carbocycles. The van der Waals surface area contributed by atoms with Gasteiger partial charge in [0.1, 0.15) is 5.69 Å². The molecule has 1 atom stereocenters. The van der Waals surface area contributed by atoms with E-state index < -0.39 is 11.7 Å². The summed E-state index contributed by atoms with van der Waals surface area (Å²) in [5.74, 6) is -0.331. The number of pyridine rings is 1. The maximum absolute atomic E-state index is 12.4. The van der Waals surface area contributed by atoms with Crippen LogP contribution in [0.25, 0.3) is 0 Å². The number of alkyl halides is 3. The number of carbonyl (C=O) groups is 1. The number of nitrogens with zero attached hydrogens (tertiary/aromatic N) is 2. The zero-order chi connectivity index (χ0) is 14.0. The summed E-state index contributed by atoms with van der Waals surface area (Å²) in [5, 5.41) is 3.18. The molecule has 120 valence electrons. The van der Waals surface area contributed by atoms with Gasteiger partial charge in [-0.3, -0.25) is 9.78 Å². The van der Waals surface area contributed by atoms with Crippen molar-refractivity contribution in [3.05, 3.63) is 29.6 Å². The Kier molecular flexibility index (Phi) is 7.43. The third-order valence-corrected chi connectivity index (χ3v) is 2.97. The average Bonchev–Trinajstić information content (AvgIpc) is 2.37. The number of halogens is 5. The Hall–Kier alpha value is -1.05. The van der Waals surface area contributed by atoms with Crippen LogP contribution in [-0.4, -0.2) is 41.5 Å². The van der Waals surface area contributed by atoms with E-state index in [1.165, 1.54) is 0 Å². The molecule has 4 nitrogen and oxygen atoms in total. The van der Waals surface area contributed by atoms with Crippen LogP contribution < -0.4 is 5.32 Å². The first-order chi connectivity index (χ1) is 8.88. The highest BCUT2D eigenvalue weighted by Gasteiger charge is 2.31. The van der Waals surface area contributed by atoms with E-state index in [4.69, 9.17) is 0 Å². The Morgan fingerprint density at radius 3 is 2.52 bits per heavy atom. The molecule has 1 aliphatic rings. The predicted molar refractivity (Wildman–Crippen MR) is 77.1 cm³/mol. The molecule has 0 spiro atoms. The van der Waals surface area contributed by atoms with Gasteiger partial charge in [-0.25, -0.2) is 0 Å². The van der Waals surface area contributed by atoms with Crippen molar-refractivity contribution in [2.45, 2.75) is 19.1 Å². The standard InChI is InChI=1S/C12H14F3N3O.2ClH/c1-8-7-18(5-4-16-8)11(19)10-3-2-9(6-17-10)12(13,14)15;;/h2-3,6,8,16H,4-5,7H2,1H3;2*1H. The minimum atomic E-state index is -4.43. The van der Waals surface area contributed by atoms with E-state index in [2.05, 4.69) is 10.3 Å². The van der Waals surface area contributed by atoms with Crippen LogP contribution in [0.1, 0.15) is 23.0 Å². The normalized spacial score (nSPS) is 18.5. The molecular weight excluding hydrogens is 330 g/mol. The van der Waals surface area contributed by atoms with Gasteiger partial charge in [0.05, 0.1) is 5.56 Å². The first-order valence-corrected chi connectivity index (χ1v) is 5.94. The van der Waals surface area contributed by atoms with Crippen LogP contribution in [0, 0.1) is 0 Å². The van der Waals surface area contributed by atoms with Crippen molar-refractivity contribution >= 4 is 30.7 Å². The minimum absolute atomic E-state index is 0. The second-order valence-corrected chi connectivity index (χ2v) is 4.54. The Morgan fingerprint density at radius 2 is 2.05 bits per heavy atom. The van der Waals surface area contributed by atoms with Crippen LogP contribution in [0.5, 0.6) is 0 Å². The van der Waals surface area contributed by atoms with Crippen LogP contribution in [0.3, 0.4) is 0 Å². The van der Waals surface area contributed by atoms with Gasteiger partial charge in [0, 0.05) is 31.9 Å². The molecule has 1 unspecified atom stereocenters. The zero-order valence-electron chi connectivity index (χ0n) is 11.2. The summed E-state index contributed by atoms with van der Waals surface area (Å²) in [5.41, 5.74) is -0.806. The maximum atomic E-state index is 12.4. The van der Waals surface area contributed by atoms with Crippen molar-refractivity contribution in [2.75, 3.05) is 19.6 Å². The molecule has 21 heavy (non-hydrogen) atoms. The fourth-order valence-electron chi connectivity index (χ4n) is 1.97. The molecule has 0 aliphatic carbocycles. The highest BCUT2D eigenvalue weighted by atomic mass is 35.5. The molecular formula is C12H16Cl2F3N3O. The van der Waals surface area contributed by atoms with E-state index in [-0.39, 0.29) is 42.5 Å². The summed E-state index contributed by atoms with van der Waals surface area (Å²) in [6.45, 7) is 3.68.